The Kier molecular flexibility index (Phi) is 6.10. The molecule has 2 saturated heterocycles. The Morgan fingerprint density at radius 3 is 2.69 bits per heavy atom. The summed E-state index contributed by atoms with van der Waals surface area (Å²) in [6.07, 6.45) is 4.02. The first-order valence-electron chi connectivity index (χ1n) is 10.1. The van der Waals surface area contributed by atoms with Crippen molar-refractivity contribution in [3.63, 3.8) is 0 Å². The van der Waals surface area contributed by atoms with Gasteiger partial charge in [0.2, 0.25) is 10.0 Å². The standard InChI is InChI=1S/C20H28N2O6S/c1-29(24,25)21-16-6-4-10-22-17(16)12-26-14-8-9-19(27-11-14)15-5-2-3-7-18(15)28-13-20(22)23/h2-3,5,7,14,16-17,19,21H,4,6,8-13H2,1H3/t14-,16?,17?,19?/m1/s1. The second kappa shape index (κ2) is 8.59. The van der Waals surface area contributed by atoms with E-state index in [1.807, 2.05) is 24.3 Å². The van der Waals surface area contributed by atoms with E-state index in [9.17, 15) is 13.2 Å². The van der Waals surface area contributed by atoms with Gasteiger partial charge in [0.1, 0.15) is 5.75 Å². The van der Waals surface area contributed by atoms with Crippen molar-refractivity contribution in [1.82, 2.24) is 9.62 Å². The van der Waals surface area contributed by atoms with Crippen molar-refractivity contribution in [1.29, 1.82) is 0 Å². The van der Waals surface area contributed by atoms with Crippen LogP contribution in [0.15, 0.2) is 24.3 Å². The summed E-state index contributed by atoms with van der Waals surface area (Å²) < 4.78 is 44.4. The van der Waals surface area contributed by atoms with Crippen molar-refractivity contribution >= 4 is 15.9 Å². The quantitative estimate of drug-likeness (QED) is 0.767. The van der Waals surface area contributed by atoms with Gasteiger partial charge in [0.05, 0.1) is 37.7 Å². The number of rotatable bonds is 2. The monoisotopic (exact) mass is 424 g/mol. The number of amides is 1. The van der Waals surface area contributed by atoms with E-state index in [2.05, 4.69) is 4.72 Å². The van der Waals surface area contributed by atoms with E-state index < -0.39 is 10.0 Å². The largest absolute Gasteiger partial charge is 0.483 e. The average Bonchev–Trinajstić information content (AvgIpc) is 2.71. The number of sulfonamides is 1. The molecule has 0 radical (unpaired) electrons. The first kappa shape index (κ1) is 20.6. The fourth-order valence-electron chi connectivity index (χ4n) is 4.42. The molecule has 2 fully saturated rings. The minimum Gasteiger partial charge on any atom is -0.483 e. The van der Waals surface area contributed by atoms with Gasteiger partial charge in [0.15, 0.2) is 6.61 Å². The smallest absolute Gasteiger partial charge is 0.260 e. The van der Waals surface area contributed by atoms with Gasteiger partial charge in [-0.1, -0.05) is 18.2 Å². The number of carbonyl (C=O) groups excluding carboxylic acids is 1. The summed E-state index contributed by atoms with van der Waals surface area (Å²) in [6, 6.07) is 6.90. The van der Waals surface area contributed by atoms with Gasteiger partial charge in [-0.25, -0.2) is 13.1 Å². The van der Waals surface area contributed by atoms with Crippen molar-refractivity contribution in [2.45, 2.75) is 50.0 Å². The number of hydrogen-bond donors (Lipinski definition) is 1. The molecule has 4 heterocycles. The molecule has 2 bridgehead atoms. The molecule has 1 aromatic rings. The van der Waals surface area contributed by atoms with Crippen molar-refractivity contribution in [2.24, 2.45) is 0 Å². The number of nitrogens with one attached hydrogen (secondary N) is 1. The van der Waals surface area contributed by atoms with Crippen LogP contribution in [0.2, 0.25) is 0 Å². The van der Waals surface area contributed by atoms with E-state index in [0.717, 1.165) is 31.1 Å². The van der Waals surface area contributed by atoms with E-state index in [1.165, 1.54) is 0 Å². The molecule has 160 valence electrons. The third kappa shape index (κ3) is 4.91. The molecule has 9 heteroatoms. The molecule has 4 aliphatic rings. The predicted octanol–water partition coefficient (Wildman–Crippen LogP) is 1.22. The summed E-state index contributed by atoms with van der Waals surface area (Å²) in [7, 11) is -3.40. The summed E-state index contributed by atoms with van der Waals surface area (Å²) in [5.74, 6) is 0.491. The normalized spacial score (nSPS) is 30.9. The highest BCUT2D eigenvalue weighted by atomic mass is 32.2. The Labute approximate surface area is 171 Å². The van der Waals surface area contributed by atoms with Crippen LogP contribution in [0, 0.1) is 0 Å². The fourth-order valence-corrected chi connectivity index (χ4v) is 5.25. The van der Waals surface area contributed by atoms with Gasteiger partial charge >= 0.3 is 0 Å². The maximum Gasteiger partial charge on any atom is 0.260 e. The molecule has 5 rings (SSSR count). The molecule has 4 aliphatic heterocycles. The zero-order valence-corrected chi connectivity index (χ0v) is 17.4. The van der Waals surface area contributed by atoms with Gasteiger partial charge in [0, 0.05) is 18.2 Å². The molecule has 3 unspecified atom stereocenters. The molecule has 1 N–H and O–H groups in total. The maximum atomic E-state index is 13.0. The lowest BCUT2D eigenvalue weighted by Gasteiger charge is -2.41. The summed E-state index contributed by atoms with van der Waals surface area (Å²) in [4.78, 5) is 14.7. The van der Waals surface area contributed by atoms with Crippen LogP contribution >= 0.6 is 0 Å². The Morgan fingerprint density at radius 1 is 1.10 bits per heavy atom. The molecule has 0 aliphatic carbocycles. The van der Waals surface area contributed by atoms with E-state index in [1.54, 1.807) is 4.90 Å². The van der Waals surface area contributed by atoms with E-state index >= 15 is 0 Å². The maximum absolute atomic E-state index is 13.0. The second-order valence-corrected chi connectivity index (χ2v) is 9.75. The molecule has 8 nitrogen and oxygen atoms in total. The highest BCUT2D eigenvalue weighted by molar-refractivity contribution is 7.88. The van der Waals surface area contributed by atoms with E-state index in [0.29, 0.717) is 25.3 Å². The fraction of sp³-hybridized carbons (Fsp3) is 0.650. The highest BCUT2D eigenvalue weighted by Crippen LogP contribution is 2.35. The van der Waals surface area contributed by atoms with E-state index in [-0.39, 0.29) is 43.4 Å². The minimum absolute atomic E-state index is 0.0714. The van der Waals surface area contributed by atoms with Crippen LogP contribution in [0.5, 0.6) is 5.75 Å². The van der Waals surface area contributed by atoms with Gasteiger partial charge in [0.25, 0.3) is 5.91 Å². The zero-order chi connectivity index (χ0) is 20.4. The number of para-hydroxylation sites is 1. The third-order valence-corrected chi connectivity index (χ3v) is 6.55. The molecule has 4 atom stereocenters. The molecule has 0 saturated carbocycles. The molecule has 1 aromatic carbocycles. The molecule has 0 aromatic heterocycles. The lowest BCUT2D eigenvalue weighted by Crippen LogP contribution is -2.59. The van der Waals surface area contributed by atoms with Crippen LogP contribution in [0.1, 0.15) is 37.4 Å². The Morgan fingerprint density at radius 2 is 1.93 bits per heavy atom. The molecule has 29 heavy (non-hydrogen) atoms. The van der Waals surface area contributed by atoms with Crippen molar-refractivity contribution < 1.29 is 27.4 Å². The number of carbonyl (C=O) groups is 1. The van der Waals surface area contributed by atoms with Gasteiger partial charge < -0.3 is 19.1 Å². The van der Waals surface area contributed by atoms with Crippen LogP contribution < -0.4 is 9.46 Å². The topological polar surface area (TPSA) is 94.2 Å². The highest BCUT2D eigenvalue weighted by Gasteiger charge is 2.37. The van der Waals surface area contributed by atoms with Crippen LogP contribution in [-0.4, -0.2) is 70.0 Å². The van der Waals surface area contributed by atoms with Crippen molar-refractivity contribution in [3.8, 4) is 5.75 Å². The van der Waals surface area contributed by atoms with Crippen LogP contribution in [-0.2, 0) is 24.3 Å². The second-order valence-electron chi connectivity index (χ2n) is 7.97. The molecule has 1 amide bonds. The number of fused-ring (bicyclic) bond motifs is 5. The summed E-state index contributed by atoms with van der Waals surface area (Å²) in [5.41, 5.74) is 0.949. The number of ether oxygens (including phenoxy) is 3. The van der Waals surface area contributed by atoms with Crippen molar-refractivity contribution in [3.05, 3.63) is 29.8 Å². The van der Waals surface area contributed by atoms with Crippen molar-refractivity contribution in [2.75, 3.05) is 32.6 Å². The van der Waals surface area contributed by atoms with Crippen LogP contribution in [0.25, 0.3) is 0 Å². The van der Waals surface area contributed by atoms with E-state index in [4.69, 9.17) is 14.2 Å². The predicted molar refractivity (Wildman–Crippen MR) is 106 cm³/mol. The van der Waals surface area contributed by atoms with Gasteiger partial charge in [-0.15, -0.1) is 0 Å². The number of nitrogens with zero attached hydrogens (tertiary/aromatic N) is 1. The first-order chi connectivity index (χ1) is 13.9. The number of hydrogen-bond acceptors (Lipinski definition) is 6. The number of piperidine rings is 1. The summed E-state index contributed by atoms with van der Waals surface area (Å²) >= 11 is 0. The number of benzene rings is 1. The van der Waals surface area contributed by atoms with Gasteiger partial charge in [-0.2, -0.15) is 0 Å². The zero-order valence-electron chi connectivity index (χ0n) is 16.6. The van der Waals surface area contributed by atoms with Crippen LogP contribution in [0.4, 0.5) is 0 Å². The van der Waals surface area contributed by atoms with Gasteiger partial charge in [-0.3, -0.25) is 4.79 Å². The Bertz CT molecular complexity index is 837. The Balaban J connectivity index is 1.61. The molecular weight excluding hydrogens is 396 g/mol. The first-order valence-corrected chi connectivity index (χ1v) is 12.0. The third-order valence-electron chi connectivity index (χ3n) is 5.82. The average molecular weight is 425 g/mol. The molecular formula is C20H28N2O6S. The minimum atomic E-state index is -3.40. The Hall–Kier alpha value is -1.68. The SMILES string of the molecule is CS(=O)(=O)NC1CCCN2C(=O)COc3ccccc3C3CC[C@H](CO3)OCC12. The summed E-state index contributed by atoms with van der Waals surface area (Å²) in [6.45, 7) is 1.19. The lowest BCUT2D eigenvalue weighted by molar-refractivity contribution is -0.142. The molecule has 0 spiro atoms. The summed E-state index contributed by atoms with van der Waals surface area (Å²) in [5, 5.41) is 0. The van der Waals surface area contributed by atoms with Gasteiger partial charge in [-0.05, 0) is 31.7 Å². The lowest BCUT2D eigenvalue weighted by atomic mass is 9.97. The van der Waals surface area contributed by atoms with Crippen LogP contribution in [0.3, 0.4) is 0 Å².